The molecule has 0 atom stereocenters. The van der Waals surface area contributed by atoms with E-state index in [-0.39, 0.29) is 5.91 Å². The van der Waals surface area contributed by atoms with E-state index in [0.717, 1.165) is 23.2 Å². The van der Waals surface area contributed by atoms with Gasteiger partial charge in [0.25, 0.3) is 5.91 Å². The average molecular weight is 368 g/mol. The number of aryl methyl sites for hydroxylation is 1. The first kappa shape index (κ1) is 17.7. The maximum absolute atomic E-state index is 12.7. The SMILES string of the molecule is CCc1ccccc1-n1nc(NC(=O)c2ccccc2)c(-c2ccccc2)n1. The van der Waals surface area contributed by atoms with Gasteiger partial charge >= 0.3 is 0 Å². The predicted octanol–water partition coefficient (Wildman–Crippen LogP) is 4.75. The number of hydrogen-bond acceptors (Lipinski definition) is 3. The van der Waals surface area contributed by atoms with E-state index < -0.39 is 0 Å². The van der Waals surface area contributed by atoms with Gasteiger partial charge < -0.3 is 5.32 Å². The molecule has 1 amide bonds. The minimum Gasteiger partial charge on any atom is -0.303 e. The van der Waals surface area contributed by atoms with Crippen LogP contribution in [0.25, 0.3) is 16.9 Å². The van der Waals surface area contributed by atoms with E-state index in [1.165, 1.54) is 0 Å². The highest BCUT2D eigenvalue weighted by Gasteiger charge is 2.18. The molecule has 5 nitrogen and oxygen atoms in total. The van der Waals surface area contributed by atoms with Crippen LogP contribution in [0.2, 0.25) is 0 Å². The number of nitrogens with zero attached hydrogens (tertiary/aromatic N) is 3. The summed E-state index contributed by atoms with van der Waals surface area (Å²) in [5.74, 6) is 0.222. The van der Waals surface area contributed by atoms with Crippen LogP contribution in [0, 0.1) is 0 Å². The van der Waals surface area contributed by atoms with Crippen molar-refractivity contribution in [2.75, 3.05) is 5.32 Å². The number of amides is 1. The first-order valence-electron chi connectivity index (χ1n) is 9.23. The Morgan fingerprint density at radius 2 is 1.50 bits per heavy atom. The highest BCUT2D eigenvalue weighted by Crippen LogP contribution is 2.26. The standard InChI is InChI=1S/C23H20N4O/c1-2-17-11-9-10-16-20(17)27-25-21(18-12-5-3-6-13-18)22(26-27)24-23(28)19-14-7-4-8-15-19/h3-16H,2H2,1H3,(H,24,26,28). The summed E-state index contributed by atoms with van der Waals surface area (Å²) in [5, 5.41) is 12.2. The van der Waals surface area contributed by atoms with Gasteiger partial charge in [0.1, 0.15) is 5.69 Å². The van der Waals surface area contributed by atoms with Crippen LogP contribution < -0.4 is 5.32 Å². The summed E-state index contributed by atoms with van der Waals surface area (Å²) in [5.41, 5.74) is 4.15. The Hall–Kier alpha value is -3.73. The topological polar surface area (TPSA) is 59.8 Å². The molecule has 3 aromatic carbocycles. The molecule has 0 saturated carbocycles. The van der Waals surface area contributed by atoms with E-state index in [1.807, 2.05) is 66.7 Å². The molecule has 138 valence electrons. The van der Waals surface area contributed by atoms with Crippen molar-refractivity contribution in [2.45, 2.75) is 13.3 Å². The molecule has 1 aromatic heterocycles. The third-order valence-electron chi connectivity index (χ3n) is 4.52. The Bertz CT molecular complexity index is 1090. The molecular weight excluding hydrogens is 348 g/mol. The van der Waals surface area contributed by atoms with Crippen molar-refractivity contribution in [2.24, 2.45) is 0 Å². The fourth-order valence-electron chi connectivity index (χ4n) is 3.06. The lowest BCUT2D eigenvalue weighted by molar-refractivity contribution is 0.102. The van der Waals surface area contributed by atoms with Gasteiger partial charge in [-0.05, 0) is 30.2 Å². The number of anilines is 1. The summed E-state index contributed by atoms with van der Waals surface area (Å²) < 4.78 is 0. The Morgan fingerprint density at radius 1 is 0.857 bits per heavy atom. The molecule has 0 fully saturated rings. The molecule has 0 saturated heterocycles. The fraction of sp³-hybridized carbons (Fsp3) is 0.0870. The number of carbonyl (C=O) groups is 1. The van der Waals surface area contributed by atoms with Crippen LogP contribution in [0.4, 0.5) is 5.82 Å². The van der Waals surface area contributed by atoms with Crippen LogP contribution in [-0.2, 0) is 6.42 Å². The number of hydrogen-bond donors (Lipinski definition) is 1. The van der Waals surface area contributed by atoms with E-state index in [4.69, 9.17) is 5.10 Å². The van der Waals surface area contributed by atoms with Gasteiger partial charge in [0.15, 0.2) is 5.82 Å². The second kappa shape index (κ2) is 7.88. The van der Waals surface area contributed by atoms with Crippen molar-refractivity contribution in [3.8, 4) is 16.9 Å². The Labute approximate surface area is 163 Å². The van der Waals surface area contributed by atoms with Crippen molar-refractivity contribution in [1.82, 2.24) is 15.0 Å². The maximum Gasteiger partial charge on any atom is 0.256 e. The molecule has 0 radical (unpaired) electrons. The van der Waals surface area contributed by atoms with E-state index in [0.29, 0.717) is 17.1 Å². The monoisotopic (exact) mass is 368 g/mol. The smallest absolute Gasteiger partial charge is 0.256 e. The van der Waals surface area contributed by atoms with Crippen LogP contribution in [0.3, 0.4) is 0 Å². The third-order valence-corrected chi connectivity index (χ3v) is 4.52. The molecule has 0 unspecified atom stereocenters. The van der Waals surface area contributed by atoms with Crippen molar-refractivity contribution in [1.29, 1.82) is 0 Å². The van der Waals surface area contributed by atoms with Gasteiger partial charge in [-0.25, -0.2) is 0 Å². The van der Waals surface area contributed by atoms with Crippen molar-refractivity contribution in [3.63, 3.8) is 0 Å². The van der Waals surface area contributed by atoms with Crippen LogP contribution >= 0.6 is 0 Å². The molecule has 4 aromatic rings. The van der Waals surface area contributed by atoms with Crippen LogP contribution in [0.5, 0.6) is 0 Å². The van der Waals surface area contributed by atoms with Crippen molar-refractivity contribution < 1.29 is 4.79 Å². The quantitative estimate of drug-likeness (QED) is 0.553. The number of aromatic nitrogens is 3. The molecule has 0 aliphatic carbocycles. The second-order valence-electron chi connectivity index (χ2n) is 6.36. The van der Waals surface area contributed by atoms with Crippen LogP contribution in [-0.4, -0.2) is 20.9 Å². The second-order valence-corrected chi connectivity index (χ2v) is 6.36. The molecule has 28 heavy (non-hydrogen) atoms. The third kappa shape index (κ3) is 3.55. The molecule has 0 aliphatic heterocycles. The zero-order valence-electron chi connectivity index (χ0n) is 15.5. The van der Waals surface area contributed by atoms with E-state index >= 15 is 0 Å². The maximum atomic E-state index is 12.7. The molecule has 1 heterocycles. The van der Waals surface area contributed by atoms with Gasteiger partial charge in [0.2, 0.25) is 0 Å². The zero-order valence-corrected chi connectivity index (χ0v) is 15.5. The minimum atomic E-state index is -0.214. The number of rotatable bonds is 5. The first-order valence-corrected chi connectivity index (χ1v) is 9.23. The molecule has 0 bridgehead atoms. The molecule has 1 N–H and O–H groups in total. The highest BCUT2D eigenvalue weighted by molar-refractivity contribution is 6.05. The van der Waals surface area contributed by atoms with Gasteiger partial charge in [0.05, 0.1) is 5.69 Å². The normalized spacial score (nSPS) is 10.6. The van der Waals surface area contributed by atoms with Crippen molar-refractivity contribution >= 4 is 11.7 Å². The summed E-state index contributed by atoms with van der Waals surface area (Å²) in [6, 6.07) is 26.8. The summed E-state index contributed by atoms with van der Waals surface area (Å²) in [4.78, 5) is 14.3. The molecule has 0 spiro atoms. The van der Waals surface area contributed by atoms with Gasteiger partial charge in [-0.1, -0.05) is 73.7 Å². The fourth-order valence-corrected chi connectivity index (χ4v) is 3.06. The van der Waals surface area contributed by atoms with Gasteiger partial charge in [0, 0.05) is 11.1 Å². The van der Waals surface area contributed by atoms with Crippen LogP contribution in [0.1, 0.15) is 22.8 Å². The summed E-state index contributed by atoms with van der Waals surface area (Å²) >= 11 is 0. The number of para-hydroxylation sites is 1. The first-order chi connectivity index (χ1) is 13.8. The Balaban J connectivity index is 1.78. The zero-order chi connectivity index (χ0) is 19.3. The summed E-state index contributed by atoms with van der Waals surface area (Å²) in [6.07, 6.45) is 0.865. The molecule has 0 aliphatic rings. The minimum absolute atomic E-state index is 0.214. The predicted molar refractivity (Wildman–Crippen MR) is 111 cm³/mol. The largest absolute Gasteiger partial charge is 0.303 e. The lowest BCUT2D eigenvalue weighted by Crippen LogP contribution is -2.13. The van der Waals surface area contributed by atoms with E-state index in [2.05, 4.69) is 23.4 Å². The number of carbonyl (C=O) groups excluding carboxylic acids is 1. The molecule has 4 rings (SSSR count). The van der Waals surface area contributed by atoms with Crippen LogP contribution in [0.15, 0.2) is 84.9 Å². The highest BCUT2D eigenvalue weighted by atomic mass is 16.1. The lowest BCUT2D eigenvalue weighted by Gasteiger charge is -2.05. The average Bonchev–Trinajstić information content (AvgIpc) is 3.18. The lowest BCUT2D eigenvalue weighted by atomic mass is 10.1. The summed E-state index contributed by atoms with van der Waals surface area (Å²) in [7, 11) is 0. The number of benzene rings is 3. The summed E-state index contributed by atoms with van der Waals surface area (Å²) in [6.45, 7) is 2.10. The Morgan fingerprint density at radius 3 is 2.21 bits per heavy atom. The van der Waals surface area contributed by atoms with Gasteiger partial charge in [-0.2, -0.15) is 0 Å². The van der Waals surface area contributed by atoms with Crippen molar-refractivity contribution in [3.05, 3.63) is 96.1 Å². The Kier molecular flexibility index (Phi) is 4.97. The van der Waals surface area contributed by atoms with E-state index in [1.54, 1.807) is 16.9 Å². The molecular formula is C23H20N4O. The number of nitrogens with one attached hydrogen (secondary N) is 1. The van der Waals surface area contributed by atoms with Gasteiger partial charge in [-0.15, -0.1) is 15.0 Å². The van der Waals surface area contributed by atoms with E-state index in [9.17, 15) is 4.79 Å². The van der Waals surface area contributed by atoms with Gasteiger partial charge in [-0.3, -0.25) is 4.79 Å². The molecule has 5 heteroatoms.